The molecule has 1 aliphatic rings. The molecule has 0 fully saturated rings. The molecule has 1 aliphatic heterocycles. The molecule has 0 spiro atoms. The van der Waals surface area contributed by atoms with Gasteiger partial charge >= 0.3 is 11.1 Å². The number of aryl methyl sites for hydroxylation is 2. The van der Waals surface area contributed by atoms with Crippen molar-refractivity contribution in [1.82, 2.24) is 24.6 Å². The average molecular weight is 369 g/mol. The molecule has 8 heteroatoms. The highest BCUT2D eigenvalue weighted by Gasteiger charge is 2.28. The molecule has 27 heavy (non-hydrogen) atoms. The van der Waals surface area contributed by atoms with Gasteiger partial charge in [-0.3, -0.25) is 14.2 Å². The topological polar surface area (TPSA) is 84.7 Å². The summed E-state index contributed by atoms with van der Waals surface area (Å²) in [5.41, 5.74) is 1.98. The Morgan fingerprint density at radius 3 is 2.63 bits per heavy atom. The fourth-order valence-electron chi connectivity index (χ4n) is 3.65. The monoisotopic (exact) mass is 369 g/mol. The van der Waals surface area contributed by atoms with Gasteiger partial charge in [0.1, 0.15) is 11.6 Å². The Morgan fingerprint density at radius 2 is 1.93 bits per heavy atom. The summed E-state index contributed by atoms with van der Waals surface area (Å²) in [6, 6.07) is 3.35. The summed E-state index contributed by atoms with van der Waals surface area (Å²) < 4.78 is 17.1. The number of H-pyrrole nitrogens is 1. The zero-order valence-corrected chi connectivity index (χ0v) is 15.3. The SMILES string of the molecule is Cc1cc(-n2nc3c(c2-n2cc[nH]c(=O)c2=O)[C@H](C)NCC3)cc(C)c1F. The Morgan fingerprint density at radius 1 is 1.22 bits per heavy atom. The molecule has 1 aromatic carbocycles. The molecule has 140 valence electrons. The smallest absolute Gasteiger partial charge is 0.321 e. The molecule has 0 bridgehead atoms. The van der Waals surface area contributed by atoms with E-state index >= 15 is 0 Å². The van der Waals surface area contributed by atoms with Gasteiger partial charge in [-0.15, -0.1) is 0 Å². The summed E-state index contributed by atoms with van der Waals surface area (Å²) >= 11 is 0. The number of benzene rings is 1. The quantitative estimate of drug-likeness (QED) is 0.673. The van der Waals surface area contributed by atoms with Gasteiger partial charge in [-0.05, 0) is 44.0 Å². The molecule has 2 N–H and O–H groups in total. The molecule has 3 aromatic rings. The van der Waals surface area contributed by atoms with Crippen LogP contribution in [0.1, 0.15) is 35.3 Å². The number of hydrogen-bond donors (Lipinski definition) is 2. The maximum atomic E-state index is 14.1. The zero-order chi connectivity index (χ0) is 19.3. The fourth-order valence-corrected chi connectivity index (χ4v) is 3.65. The first kappa shape index (κ1) is 17.4. The number of nitrogens with zero attached hydrogens (tertiary/aromatic N) is 3. The highest BCUT2D eigenvalue weighted by atomic mass is 19.1. The molecule has 3 heterocycles. The van der Waals surface area contributed by atoms with Gasteiger partial charge in [0.25, 0.3) is 0 Å². The van der Waals surface area contributed by atoms with Gasteiger partial charge in [-0.2, -0.15) is 5.10 Å². The first-order chi connectivity index (χ1) is 12.9. The third-order valence-electron chi connectivity index (χ3n) is 4.96. The molecule has 4 rings (SSSR count). The van der Waals surface area contributed by atoms with Gasteiger partial charge in [-0.25, -0.2) is 9.07 Å². The molecule has 0 amide bonds. The van der Waals surface area contributed by atoms with E-state index in [0.717, 1.165) is 17.8 Å². The lowest BCUT2D eigenvalue weighted by molar-refractivity contribution is 0.536. The lowest BCUT2D eigenvalue weighted by Gasteiger charge is -2.21. The second-order valence-electron chi connectivity index (χ2n) is 6.88. The van der Waals surface area contributed by atoms with Gasteiger partial charge in [0, 0.05) is 37.0 Å². The van der Waals surface area contributed by atoms with Crippen LogP contribution in [0.15, 0.2) is 34.1 Å². The molecule has 0 saturated carbocycles. The van der Waals surface area contributed by atoms with Crippen LogP contribution in [0.3, 0.4) is 0 Å². The van der Waals surface area contributed by atoms with Crippen LogP contribution in [0.4, 0.5) is 4.39 Å². The van der Waals surface area contributed by atoms with E-state index < -0.39 is 11.1 Å². The van der Waals surface area contributed by atoms with E-state index in [1.165, 1.54) is 17.0 Å². The van der Waals surface area contributed by atoms with E-state index in [1.54, 1.807) is 30.7 Å². The molecular weight excluding hydrogens is 349 g/mol. The summed E-state index contributed by atoms with van der Waals surface area (Å²) in [6.45, 7) is 6.15. The van der Waals surface area contributed by atoms with Crippen molar-refractivity contribution < 1.29 is 4.39 Å². The van der Waals surface area contributed by atoms with Crippen molar-refractivity contribution in [3.63, 3.8) is 0 Å². The number of hydrogen-bond acceptors (Lipinski definition) is 4. The third kappa shape index (κ3) is 2.73. The molecule has 2 aromatic heterocycles. The van der Waals surface area contributed by atoms with Gasteiger partial charge in [0.2, 0.25) is 0 Å². The molecule has 7 nitrogen and oxygen atoms in total. The highest BCUT2D eigenvalue weighted by molar-refractivity contribution is 5.50. The number of fused-ring (bicyclic) bond motifs is 1. The largest absolute Gasteiger partial charge is 0.323 e. The Labute approximate surface area is 154 Å². The van der Waals surface area contributed by atoms with E-state index in [9.17, 15) is 14.0 Å². The van der Waals surface area contributed by atoms with Crippen LogP contribution < -0.4 is 16.4 Å². The number of aromatic nitrogens is 4. The Bertz CT molecular complexity index is 1130. The van der Waals surface area contributed by atoms with Crippen LogP contribution >= 0.6 is 0 Å². The maximum absolute atomic E-state index is 14.1. The number of aromatic amines is 1. The minimum absolute atomic E-state index is 0.0358. The van der Waals surface area contributed by atoms with Gasteiger partial charge < -0.3 is 10.3 Å². The van der Waals surface area contributed by atoms with Crippen LogP contribution in [0.25, 0.3) is 11.5 Å². The number of halogens is 1. The van der Waals surface area contributed by atoms with Crippen LogP contribution in [-0.2, 0) is 6.42 Å². The van der Waals surface area contributed by atoms with Crippen molar-refractivity contribution in [3.05, 3.63) is 73.4 Å². The molecule has 1 atom stereocenters. The van der Waals surface area contributed by atoms with Crippen molar-refractivity contribution >= 4 is 0 Å². The minimum atomic E-state index is -0.707. The first-order valence-electron chi connectivity index (χ1n) is 8.81. The van der Waals surface area contributed by atoms with Crippen molar-refractivity contribution in [3.8, 4) is 11.5 Å². The number of nitrogens with one attached hydrogen (secondary N) is 2. The Balaban J connectivity index is 2.08. The highest BCUT2D eigenvalue weighted by Crippen LogP contribution is 2.31. The minimum Gasteiger partial charge on any atom is -0.323 e. The van der Waals surface area contributed by atoms with E-state index in [1.807, 2.05) is 6.92 Å². The average Bonchev–Trinajstić information content (AvgIpc) is 3.02. The molecule has 0 radical (unpaired) electrons. The zero-order valence-electron chi connectivity index (χ0n) is 15.3. The predicted octanol–water partition coefficient (Wildman–Crippen LogP) is 1.67. The van der Waals surface area contributed by atoms with Crippen LogP contribution in [0.2, 0.25) is 0 Å². The molecule has 0 aliphatic carbocycles. The lowest BCUT2D eigenvalue weighted by Crippen LogP contribution is -2.36. The Kier molecular flexibility index (Phi) is 4.07. The third-order valence-corrected chi connectivity index (χ3v) is 4.96. The maximum Gasteiger partial charge on any atom is 0.321 e. The van der Waals surface area contributed by atoms with E-state index in [-0.39, 0.29) is 11.9 Å². The summed E-state index contributed by atoms with van der Waals surface area (Å²) in [7, 11) is 0. The summed E-state index contributed by atoms with van der Waals surface area (Å²) in [4.78, 5) is 26.8. The summed E-state index contributed by atoms with van der Waals surface area (Å²) in [6.07, 6.45) is 3.65. The van der Waals surface area contributed by atoms with Crippen LogP contribution in [0.5, 0.6) is 0 Å². The second-order valence-corrected chi connectivity index (χ2v) is 6.88. The normalized spacial score (nSPS) is 16.4. The first-order valence-corrected chi connectivity index (χ1v) is 8.81. The van der Waals surface area contributed by atoms with Crippen molar-refractivity contribution in [2.24, 2.45) is 0 Å². The molecular formula is C19H20FN5O2. The molecule has 0 unspecified atom stereocenters. The van der Waals surface area contributed by atoms with Gasteiger partial charge in [0.15, 0.2) is 0 Å². The van der Waals surface area contributed by atoms with E-state index in [2.05, 4.69) is 10.3 Å². The van der Waals surface area contributed by atoms with Gasteiger partial charge in [0.05, 0.1) is 11.4 Å². The Hall–Kier alpha value is -3.00. The summed E-state index contributed by atoms with van der Waals surface area (Å²) in [5.74, 6) is 0.242. The van der Waals surface area contributed by atoms with Crippen LogP contribution in [-0.4, -0.2) is 25.9 Å². The molecule has 0 saturated heterocycles. The van der Waals surface area contributed by atoms with Gasteiger partial charge in [-0.1, -0.05) is 0 Å². The lowest BCUT2D eigenvalue weighted by atomic mass is 10.0. The van der Waals surface area contributed by atoms with Crippen LogP contribution in [0, 0.1) is 19.7 Å². The standard InChI is InChI=1S/C19H20FN5O2/c1-10-8-13(9-11(2)16(10)20)25-18(24-7-6-22-17(26)19(24)27)15-12(3)21-5-4-14(15)23-25/h6-9,12,21H,4-5H2,1-3H3,(H,22,26)/t12-/m0/s1. The van der Waals surface area contributed by atoms with Crippen molar-refractivity contribution in [1.29, 1.82) is 0 Å². The van der Waals surface area contributed by atoms with E-state index in [4.69, 9.17) is 5.10 Å². The predicted molar refractivity (Wildman–Crippen MR) is 99.3 cm³/mol. The summed E-state index contributed by atoms with van der Waals surface area (Å²) in [5, 5.41) is 8.08. The fraction of sp³-hybridized carbons (Fsp3) is 0.316. The second kappa shape index (κ2) is 6.31. The van der Waals surface area contributed by atoms with Crippen molar-refractivity contribution in [2.45, 2.75) is 33.2 Å². The van der Waals surface area contributed by atoms with Crippen molar-refractivity contribution in [2.75, 3.05) is 6.54 Å². The van der Waals surface area contributed by atoms with E-state index in [0.29, 0.717) is 29.1 Å². The number of rotatable bonds is 2.